The number of hydrogen-bond donors (Lipinski definition) is 1. The van der Waals surface area contributed by atoms with Gasteiger partial charge in [0.1, 0.15) is 5.57 Å². The average Bonchev–Trinajstić information content (AvgIpc) is 2.71. The molecule has 1 aliphatic rings. The van der Waals surface area contributed by atoms with E-state index >= 15 is 0 Å². The maximum atomic E-state index is 12.9. The molecule has 2 aromatic rings. The summed E-state index contributed by atoms with van der Waals surface area (Å²) in [4.78, 5) is 49.1. The van der Waals surface area contributed by atoms with Gasteiger partial charge in [0.15, 0.2) is 0 Å². The van der Waals surface area contributed by atoms with Gasteiger partial charge in [-0.15, -0.1) is 0 Å². The molecule has 4 amide bonds. The summed E-state index contributed by atoms with van der Waals surface area (Å²) in [6, 6.07) is 11.7. The number of imide groups is 2. The molecule has 2 aromatic carbocycles. The first-order valence-electron chi connectivity index (χ1n) is 9.14. The molecule has 0 unspecified atom stereocenters. The van der Waals surface area contributed by atoms with Crippen LogP contribution in [-0.2, 0) is 9.59 Å². The van der Waals surface area contributed by atoms with E-state index in [2.05, 4.69) is 19.2 Å². The summed E-state index contributed by atoms with van der Waals surface area (Å²) >= 11 is 0. The molecule has 0 aromatic heterocycles. The normalized spacial score (nSPS) is 16.7. The quantitative estimate of drug-likeness (QED) is 0.621. The number of nitrogens with zero attached hydrogens (tertiary/aromatic N) is 1. The van der Waals surface area contributed by atoms with Gasteiger partial charge in [-0.3, -0.25) is 14.9 Å². The van der Waals surface area contributed by atoms with Crippen LogP contribution in [0, 0.1) is 0 Å². The number of carboxylic acid groups (broad SMARTS) is 1. The Morgan fingerprint density at radius 2 is 1.69 bits per heavy atom. The van der Waals surface area contributed by atoms with Crippen molar-refractivity contribution in [3.63, 3.8) is 0 Å². The van der Waals surface area contributed by atoms with Gasteiger partial charge in [0, 0.05) is 0 Å². The van der Waals surface area contributed by atoms with E-state index in [1.54, 1.807) is 12.1 Å². The zero-order valence-corrected chi connectivity index (χ0v) is 16.0. The Labute approximate surface area is 167 Å². The molecule has 1 fully saturated rings. The number of urea groups is 1. The van der Waals surface area contributed by atoms with Crippen LogP contribution in [0.1, 0.15) is 47.7 Å². The molecule has 1 saturated heterocycles. The molecule has 0 aliphatic carbocycles. The predicted octanol–water partition coefficient (Wildman–Crippen LogP) is 2.23. The number of carboxylic acids is 1. The van der Waals surface area contributed by atoms with Crippen molar-refractivity contribution in [2.45, 2.75) is 26.2 Å². The van der Waals surface area contributed by atoms with Crippen LogP contribution in [-0.4, -0.2) is 23.8 Å². The Balaban J connectivity index is 1.92. The molecule has 1 atom stereocenters. The third-order valence-corrected chi connectivity index (χ3v) is 4.89. The SMILES string of the molecule is CC[C@@H](C)c1ccc(N2C(=O)NC(=O)/C(=C\c3ccc(C(=O)[O-])cc3)C2=O)cc1. The molecule has 0 radical (unpaired) electrons. The molecule has 7 nitrogen and oxygen atoms in total. The maximum absolute atomic E-state index is 12.9. The Morgan fingerprint density at radius 1 is 1.07 bits per heavy atom. The number of carbonyl (C=O) groups excluding carboxylic acids is 4. The summed E-state index contributed by atoms with van der Waals surface area (Å²) in [7, 11) is 0. The van der Waals surface area contributed by atoms with E-state index in [0.717, 1.165) is 16.9 Å². The van der Waals surface area contributed by atoms with Crippen LogP contribution >= 0.6 is 0 Å². The second kappa shape index (κ2) is 8.10. The topological polar surface area (TPSA) is 107 Å². The van der Waals surface area contributed by atoms with Gasteiger partial charge in [-0.05, 0) is 47.2 Å². The lowest BCUT2D eigenvalue weighted by atomic mass is 9.98. The summed E-state index contributed by atoms with van der Waals surface area (Å²) in [5.74, 6) is -2.54. The van der Waals surface area contributed by atoms with Gasteiger partial charge in [-0.25, -0.2) is 9.69 Å². The fraction of sp³-hybridized carbons (Fsp3) is 0.182. The van der Waals surface area contributed by atoms with Crippen LogP contribution in [0.2, 0.25) is 0 Å². The number of amides is 4. The number of anilines is 1. The lowest BCUT2D eigenvalue weighted by molar-refractivity contribution is -0.255. The van der Waals surface area contributed by atoms with Crippen LogP contribution < -0.4 is 15.3 Å². The van der Waals surface area contributed by atoms with Crippen LogP contribution in [0.5, 0.6) is 0 Å². The van der Waals surface area contributed by atoms with Crippen molar-refractivity contribution in [2.75, 3.05) is 4.90 Å². The summed E-state index contributed by atoms with van der Waals surface area (Å²) in [5, 5.41) is 13.0. The highest BCUT2D eigenvalue weighted by Crippen LogP contribution is 2.25. The lowest BCUT2D eigenvalue weighted by Gasteiger charge is -2.26. The van der Waals surface area contributed by atoms with Gasteiger partial charge in [-0.2, -0.15) is 0 Å². The molecule has 1 N–H and O–H groups in total. The van der Waals surface area contributed by atoms with Crippen LogP contribution in [0.4, 0.5) is 10.5 Å². The minimum absolute atomic E-state index is 0.0234. The van der Waals surface area contributed by atoms with Gasteiger partial charge in [0.2, 0.25) is 0 Å². The Kier molecular flexibility index (Phi) is 5.59. The van der Waals surface area contributed by atoms with Crippen molar-refractivity contribution in [3.8, 4) is 0 Å². The van der Waals surface area contributed by atoms with Gasteiger partial charge >= 0.3 is 6.03 Å². The van der Waals surface area contributed by atoms with Gasteiger partial charge in [0.05, 0.1) is 11.7 Å². The van der Waals surface area contributed by atoms with E-state index < -0.39 is 23.8 Å². The highest BCUT2D eigenvalue weighted by atomic mass is 16.4. The third-order valence-electron chi connectivity index (χ3n) is 4.89. The average molecular weight is 391 g/mol. The van der Waals surface area contributed by atoms with E-state index in [9.17, 15) is 24.3 Å². The Morgan fingerprint density at radius 3 is 2.24 bits per heavy atom. The lowest BCUT2D eigenvalue weighted by Crippen LogP contribution is -2.54. The molecular weight excluding hydrogens is 372 g/mol. The van der Waals surface area contributed by atoms with Crippen molar-refractivity contribution in [3.05, 3.63) is 70.8 Å². The van der Waals surface area contributed by atoms with Crippen molar-refractivity contribution in [1.29, 1.82) is 0 Å². The first kappa shape index (κ1) is 20.0. The van der Waals surface area contributed by atoms with E-state index in [0.29, 0.717) is 17.2 Å². The summed E-state index contributed by atoms with van der Waals surface area (Å²) in [6.07, 6.45) is 2.27. The fourth-order valence-electron chi connectivity index (χ4n) is 2.96. The highest BCUT2D eigenvalue weighted by molar-refractivity contribution is 6.39. The largest absolute Gasteiger partial charge is 0.545 e. The molecule has 0 saturated carbocycles. The molecular formula is C22H19N2O5-. The minimum atomic E-state index is -1.33. The monoisotopic (exact) mass is 391 g/mol. The van der Waals surface area contributed by atoms with E-state index in [4.69, 9.17) is 0 Å². The maximum Gasteiger partial charge on any atom is 0.335 e. The standard InChI is InChI=1S/C22H20N2O5/c1-3-13(2)15-8-10-17(11-9-15)24-20(26)18(19(25)23-22(24)29)12-14-4-6-16(7-5-14)21(27)28/h4-13H,3H2,1-2H3,(H,27,28)(H,23,25,29)/p-1/b18-12+/t13-/m1/s1. The molecule has 0 bridgehead atoms. The van der Waals surface area contributed by atoms with E-state index in [1.165, 1.54) is 30.3 Å². The first-order chi connectivity index (χ1) is 13.8. The third kappa shape index (κ3) is 4.08. The number of carbonyl (C=O) groups is 4. The summed E-state index contributed by atoms with van der Waals surface area (Å²) in [5.41, 5.74) is 1.63. The number of aromatic carboxylic acids is 1. The van der Waals surface area contributed by atoms with Crippen molar-refractivity contribution >= 4 is 35.6 Å². The van der Waals surface area contributed by atoms with Crippen molar-refractivity contribution in [2.24, 2.45) is 0 Å². The zero-order chi connectivity index (χ0) is 21.1. The fourth-order valence-corrected chi connectivity index (χ4v) is 2.96. The molecule has 148 valence electrons. The number of barbiturate groups is 1. The summed E-state index contributed by atoms with van der Waals surface area (Å²) < 4.78 is 0. The highest BCUT2D eigenvalue weighted by Gasteiger charge is 2.36. The van der Waals surface area contributed by atoms with Crippen molar-refractivity contribution in [1.82, 2.24) is 5.32 Å². The second-order valence-corrected chi connectivity index (χ2v) is 6.77. The Bertz CT molecular complexity index is 1010. The number of nitrogens with one attached hydrogen (secondary N) is 1. The first-order valence-corrected chi connectivity index (χ1v) is 9.14. The van der Waals surface area contributed by atoms with E-state index in [1.807, 2.05) is 12.1 Å². The Hall–Kier alpha value is -3.74. The molecule has 29 heavy (non-hydrogen) atoms. The number of hydrogen-bond acceptors (Lipinski definition) is 5. The smallest absolute Gasteiger partial charge is 0.335 e. The second-order valence-electron chi connectivity index (χ2n) is 6.77. The zero-order valence-electron chi connectivity index (χ0n) is 16.0. The molecule has 3 rings (SSSR count). The van der Waals surface area contributed by atoms with Crippen LogP contribution in [0.25, 0.3) is 6.08 Å². The number of rotatable bonds is 5. The van der Waals surface area contributed by atoms with Gasteiger partial charge < -0.3 is 9.90 Å². The molecule has 1 heterocycles. The molecule has 1 aliphatic heterocycles. The molecule has 0 spiro atoms. The summed E-state index contributed by atoms with van der Waals surface area (Å²) in [6.45, 7) is 4.15. The van der Waals surface area contributed by atoms with Gasteiger partial charge in [-0.1, -0.05) is 50.2 Å². The van der Waals surface area contributed by atoms with E-state index in [-0.39, 0.29) is 11.1 Å². The van der Waals surface area contributed by atoms with Crippen molar-refractivity contribution < 1.29 is 24.3 Å². The predicted molar refractivity (Wildman–Crippen MR) is 105 cm³/mol. The minimum Gasteiger partial charge on any atom is -0.545 e. The number of benzene rings is 2. The van der Waals surface area contributed by atoms with Gasteiger partial charge in [0.25, 0.3) is 11.8 Å². The molecule has 7 heteroatoms. The van der Waals surface area contributed by atoms with Crippen LogP contribution in [0.3, 0.4) is 0 Å². The van der Waals surface area contributed by atoms with Crippen LogP contribution in [0.15, 0.2) is 54.1 Å².